The molecule has 1 N–H and O–H groups in total. The molecular formula is C21H21N3O3. The zero-order valence-corrected chi connectivity index (χ0v) is 15.1. The van der Waals surface area contributed by atoms with Crippen LogP contribution in [0, 0.1) is 11.3 Å². The molecule has 1 aliphatic heterocycles. The van der Waals surface area contributed by atoms with Crippen molar-refractivity contribution in [3.63, 3.8) is 0 Å². The van der Waals surface area contributed by atoms with Crippen molar-refractivity contribution in [3.8, 4) is 6.07 Å². The average Bonchev–Trinajstić information content (AvgIpc) is 3.10. The van der Waals surface area contributed by atoms with E-state index in [1.165, 1.54) is 4.90 Å². The van der Waals surface area contributed by atoms with E-state index in [4.69, 9.17) is 10.00 Å². The third-order valence-corrected chi connectivity index (χ3v) is 4.83. The average molecular weight is 363 g/mol. The van der Waals surface area contributed by atoms with Crippen molar-refractivity contribution in [2.24, 2.45) is 0 Å². The van der Waals surface area contributed by atoms with Crippen LogP contribution < -0.4 is 5.32 Å². The fourth-order valence-corrected chi connectivity index (χ4v) is 3.18. The van der Waals surface area contributed by atoms with Crippen LogP contribution in [-0.2, 0) is 16.1 Å². The molecule has 27 heavy (non-hydrogen) atoms. The number of benzene rings is 2. The minimum atomic E-state index is -0.971. The Hall–Kier alpha value is -3.33. The van der Waals surface area contributed by atoms with Crippen molar-refractivity contribution in [1.29, 1.82) is 5.26 Å². The molecule has 0 radical (unpaired) electrons. The van der Waals surface area contributed by atoms with Crippen molar-refractivity contribution in [2.75, 3.05) is 11.9 Å². The Morgan fingerprint density at radius 3 is 2.56 bits per heavy atom. The van der Waals surface area contributed by atoms with Crippen LogP contribution in [0.3, 0.4) is 0 Å². The SMILES string of the molecule is CC1(C(=O)Nc2ccc(C#N)cc2)CCCN1C(=O)OCc1ccccc1. The second-order valence-corrected chi connectivity index (χ2v) is 6.71. The molecule has 0 saturated carbocycles. The Balaban J connectivity index is 1.66. The van der Waals surface area contributed by atoms with Crippen molar-refractivity contribution in [2.45, 2.75) is 31.9 Å². The van der Waals surface area contributed by atoms with Gasteiger partial charge in [0.15, 0.2) is 0 Å². The lowest BCUT2D eigenvalue weighted by molar-refractivity contribution is -0.125. The molecule has 1 saturated heterocycles. The molecule has 1 heterocycles. The third kappa shape index (κ3) is 4.09. The van der Waals surface area contributed by atoms with Gasteiger partial charge in [0.1, 0.15) is 12.1 Å². The summed E-state index contributed by atoms with van der Waals surface area (Å²) in [5.74, 6) is -0.263. The third-order valence-electron chi connectivity index (χ3n) is 4.83. The van der Waals surface area contributed by atoms with Crippen LogP contribution >= 0.6 is 0 Å². The van der Waals surface area contributed by atoms with Gasteiger partial charge >= 0.3 is 6.09 Å². The first-order valence-electron chi connectivity index (χ1n) is 8.83. The molecule has 6 heteroatoms. The lowest BCUT2D eigenvalue weighted by Crippen LogP contribution is -2.53. The number of nitrogens with one attached hydrogen (secondary N) is 1. The summed E-state index contributed by atoms with van der Waals surface area (Å²) >= 11 is 0. The number of amides is 2. The largest absolute Gasteiger partial charge is 0.445 e. The van der Waals surface area contributed by atoms with E-state index in [9.17, 15) is 9.59 Å². The van der Waals surface area contributed by atoms with Crippen molar-refractivity contribution in [1.82, 2.24) is 4.90 Å². The van der Waals surface area contributed by atoms with Crippen molar-refractivity contribution >= 4 is 17.7 Å². The van der Waals surface area contributed by atoms with Crippen LogP contribution in [0.4, 0.5) is 10.5 Å². The number of carbonyl (C=O) groups excluding carboxylic acids is 2. The van der Waals surface area contributed by atoms with Gasteiger partial charge in [-0.15, -0.1) is 0 Å². The zero-order chi connectivity index (χ0) is 19.3. The molecule has 2 aromatic rings. The maximum absolute atomic E-state index is 12.9. The predicted molar refractivity (Wildman–Crippen MR) is 101 cm³/mol. The first-order chi connectivity index (χ1) is 13.0. The molecule has 0 aliphatic carbocycles. The van der Waals surface area contributed by atoms with Gasteiger partial charge < -0.3 is 10.1 Å². The highest BCUT2D eigenvalue weighted by Gasteiger charge is 2.46. The van der Waals surface area contributed by atoms with Crippen LogP contribution in [0.15, 0.2) is 54.6 Å². The molecule has 2 amide bonds. The minimum Gasteiger partial charge on any atom is -0.445 e. The molecule has 1 fully saturated rings. The summed E-state index contributed by atoms with van der Waals surface area (Å²) in [5, 5.41) is 11.7. The number of hydrogen-bond acceptors (Lipinski definition) is 4. The number of ether oxygens (including phenoxy) is 1. The van der Waals surface area contributed by atoms with Crippen molar-refractivity contribution < 1.29 is 14.3 Å². The summed E-state index contributed by atoms with van der Waals surface area (Å²) in [6.07, 6.45) is 0.807. The quantitative estimate of drug-likeness (QED) is 0.898. The van der Waals surface area contributed by atoms with E-state index in [2.05, 4.69) is 5.32 Å². The molecular weight excluding hydrogens is 342 g/mol. The van der Waals surface area contributed by atoms with E-state index in [1.807, 2.05) is 36.4 Å². The monoisotopic (exact) mass is 363 g/mol. The fraction of sp³-hybridized carbons (Fsp3) is 0.286. The van der Waals surface area contributed by atoms with Gasteiger partial charge in [-0.25, -0.2) is 4.79 Å². The standard InChI is InChI=1S/C21H21N3O3/c1-21(19(25)23-18-10-8-16(14-22)9-11-18)12-5-13-24(21)20(26)27-15-17-6-3-2-4-7-17/h2-4,6-11H,5,12-13,15H2,1H3,(H,23,25). The first kappa shape index (κ1) is 18.5. The molecule has 2 aromatic carbocycles. The fourth-order valence-electron chi connectivity index (χ4n) is 3.18. The Kier molecular flexibility index (Phi) is 5.41. The zero-order valence-electron chi connectivity index (χ0n) is 15.1. The first-order valence-corrected chi connectivity index (χ1v) is 8.83. The molecule has 3 rings (SSSR count). The Bertz CT molecular complexity index is 858. The molecule has 1 unspecified atom stereocenters. The molecule has 0 aromatic heterocycles. The van der Waals surface area contributed by atoms with Gasteiger partial charge in [0, 0.05) is 12.2 Å². The van der Waals surface area contributed by atoms with Gasteiger partial charge in [-0.1, -0.05) is 30.3 Å². The van der Waals surface area contributed by atoms with Gasteiger partial charge in [-0.05, 0) is 49.6 Å². The van der Waals surface area contributed by atoms with Crippen LogP contribution in [0.25, 0.3) is 0 Å². The van der Waals surface area contributed by atoms with Gasteiger partial charge in [-0.2, -0.15) is 5.26 Å². The molecule has 1 aliphatic rings. The summed E-state index contributed by atoms with van der Waals surface area (Å²) in [6.45, 7) is 2.40. The number of nitriles is 1. The van der Waals surface area contributed by atoms with Crippen LogP contribution in [0.1, 0.15) is 30.9 Å². The van der Waals surface area contributed by atoms with Crippen LogP contribution in [0.5, 0.6) is 0 Å². The normalized spacial score (nSPS) is 18.6. The Labute approximate surface area is 158 Å². The lowest BCUT2D eigenvalue weighted by atomic mass is 9.97. The molecule has 0 bridgehead atoms. The smallest absolute Gasteiger partial charge is 0.410 e. The number of rotatable bonds is 4. The highest BCUT2D eigenvalue weighted by molar-refractivity contribution is 6.00. The van der Waals surface area contributed by atoms with Gasteiger partial charge in [0.05, 0.1) is 11.6 Å². The number of likely N-dealkylation sites (tertiary alicyclic amines) is 1. The summed E-state index contributed by atoms with van der Waals surface area (Å²) in [6, 6.07) is 18.1. The number of nitrogens with zero attached hydrogens (tertiary/aromatic N) is 2. The van der Waals surface area contributed by atoms with Crippen molar-refractivity contribution in [3.05, 3.63) is 65.7 Å². The van der Waals surface area contributed by atoms with Crippen LogP contribution in [0.2, 0.25) is 0 Å². The van der Waals surface area contributed by atoms with E-state index < -0.39 is 11.6 Å². The summed E-state index contributed by atoms with van der Waals surface area (Å²) < 4.78 is 5.41. The summed E-state index contributed by atoms with van der Waals surface area (Å²) in [7, 11) is 0. The molecule has 0 spiro atoms. The maximum Gasteiger partial charge on any atom is 0.410 e. The van der Waals surface area contributed by atoms with E-state index in [1.54, 1.807) is 31.2 Å². The van der Waals surface area contributed by atoms with Gasteiger partial charge in [0.25, 0.3) is 0 Å². The minimum absolute atomic E-state index is 0.170. The summed E-state index contributed by atoms with van der Waals surface area (Å²) in [4.78, 5) is 26.9. The molecule has 138 valence electrons. The maximum atomic E-state index is 12.9. The Morgan fingerprint density at radius 2 is 1.89 bits per heavy atom. The van der Waals surface area contributed by atoms with E-state index >= 15 is 0 Å². The van der Waals surface area contributed by atoms with E-state index in [0.29, 0.717) is 24.2 Å². The number of anilines is 1. The second kappa shape index (κ2) is 7.92. The highest BCUT2D eigenvalue weighted by Crippen LogP contribution is 2.31. The summed E-state index contributed by atoms with van der Waals surface area (Å²) in [5.41, 5.74) is 1.03. The predicted octanol–water partition coefficient (Wildman–Crippen LogP) is 3.69. The van der Waals surface area contributed by atoms with E-state index in [-0.39, 0.29) is 12.5 Å². The molecule has 6 nitrogen and oxygen atoms in total. The Morgan fingerprint density at radius 1 is 1.19 bits per heavy atom. The number of hydrogen-bond donors (Lipinski definition) is 1. The lowest BCUT2D eigenvalue weighted by Gasteiger charge is -2.33. The van der Waals surface area contributed by atoms with E-state index in [0.717, 1.165) is 12.0 Å². The second-order valence-electron chi connectivity index (χ2n) is 6.71. The number of carbonyl (C=O) groups is 2. The highest BCUT2D eigenvalue weighted by atomic mass is 16.6. The van der Waals surface area contributed by atoms with Crippen LogP contribution in [-0.4, -0.2) is 29.0 Å². The molecule has 1 atom stereocenters. The van der Waals surface area contributed by atoms with Gasteiger partial charge in [0.2, 0.25) is 5.91 Å². The van der Waals surface area contributed by atoms with Gasteiger partial charge in [-0.3, -0.25) is 9.69 Å². The topological polar surface area (TPSA) is 82.4 Å².